The van der Waals surface area contributed by atoms with Crippen LogP contribution < -0.4 is 10.5 Å². The number of ether oxygens (including phenoxy) is 1. The van der Waals surface area contributed by atoms with E-state index in [2.05, 4.69) is 9.88 Å². The summed E-state index contributed by atoms with van der Waals surface area (Å²) in [6.07, 6.45) is 3.81. The van der Waals surface area contributed by atoms with Gasteiger partial charge in [-0.3, -0.25) is 0 Å². The molecule has 0 aliphatic heterocycles. The second-order valence-electron chi connectivity index (χ2n) is 5.47. The minimum Gasteiger partial charge on any atom is -0.409 e. The number of nitrogens with two attached hydrogens (primary N) is 1. The molecule has 0 bridgehead atoms. The second kappa shape index (κ2) is 7.24. The number of nitrogens with zero attached hydrogens (tertiary/aromatic N) is 1. The van der Waals surface area contributed by atoms with Crippen LogP contribution in [-0.2, 0) is 14.8 Å². The molecular weight excluding hydrogens is 282 g/mol. The van der Waals surface area contributed by atoms with Gasteiger partial charge in [-0.1, -0.05) is 24.4 Å². The van der Waals surface area contributed by atoms with Gasteiger partial charge in [-0.25, -0.2) is 13.1 Å². The summed E-state index contributed by atoms with van der Waals surface area (Å²) in [5.41, 5.74) is 4.75. The lowest BCUT2D eigenvalue weighted by Crippen LogP contribution is -2.59. The van der Waals surface area contributed by atoms with Crippen molar-refractivity contribution >= 4 is 15.9 Å². The molecule has 0 saturated heterocycles. The predicted octanol–water partition coefficient (Wildman–Crippen LogP) is 0.780. The molecule has 0 atom stereocenters. The van der Waals surface area contributed by atoms with Gasteiger partial charge in [0.1, 0.15) is 0 Å². The fourth-order valence-corrected chi connectivity index (χ4v) is 3.73. The fourth-order valence-electron chi connectivity index (χ4n) is 2.40. The van der Waals surface area contributed by atoms with Crippen LogP contribution in [0.4, 0.5) is 0 Å². The van der Waals surface area contributed by atoms with E-state index in [0.29, 0.717) is 12.8 Å². The topological polar surface area (TPSA) is 114 Å². The Hall–Kier alpha value is -0.860. The van der Waals surface area contributed by atoms with Crippen LogP contribution in [0, 0.1) is 0 Å². The summed E-state index contributed by atoms with van der Waals surface area (Å²) in [5, 5.41) is 11.9. The molecule has 20 heavy (non-hydrogen) atoms. The summed E-state index contributed by atoms with van der Waals surface area (Å²) in [4.78, 5) is 0. The van der Waals surface area contributed by atoms with Crippen LogP contribution in [0.3, 0.4) is 0 Å². The first-order valence-corrected chi connectivity index (χ1v) is 8.58. The van der Waals surface area contributed by atoms with E-state index >= 15 is 0 Å². The molecule has 0 radical (unpaired) electrons. The van der Waals surface area contributed by atoms with Crippen molar-refractivity contribution in [1.82, 2.24) is 4.72 Å². The first-order chi connectivity index (χ1) is 9.31. The van der Waals surface area contributed by atoms with Gasteiger partial charge in [0.15, 0.2) is 5.84 Å². The molecule has 1 aliphatic rings. The lowest BCUT2D eigenvalue weighted by atomic mass is 9.82. The Morgan fingerprint density at radius 1 is 1.40 bits per heavy atom. The highest BCUT2D eigenvalue weighted by Gasteiger charge is 2.40. The largest absolute Gasteiger partial charge is 0.409 e. The number of oxime groups is 1. The molecule has 0 amide bonds. The predicted molar refractivity (Wildman–Crippen MR) is 77.2 cm³/mol. The number of sulfonamides is 1. The highest BCUT2D eigenvalue weighted by atomic mass is 32.2. The maximum absolute atomic E-state index is 12.1. The highest BCUT2D eigenvalue weighted by Crippen LogP contribution is 2.29. The molecule has 1 rings (SSSR count). The Morgan fingerprint density at radius 3 is 2.50 bits per heavy atom. The Balaban J connectivity index is 2.74. The molecule has 0 aromatic heterocycles. The van der Waals surface area contributed by atoms with E-state index < -0.39 is 15.6 Å². The molecule has 7 nitrogen and oxygen atoms in total. The molecular formula is C12H25N3O4S. The van der Waals surface area contributed by atoms with Crippen LogP contribution in [0.1, 0.15) is 46.0 Å². The van der Waals surface area contributed by atoms with Crippen molar-refractivity contribution in [2.75, 3.05) is 12.4 Å². The van der Waals surface area contributed by atoms with Crippen LogP contribution >= 0.6 is 0 Å². The van der Waals surface area contributed by atoms with Gasteiger partial charge in [0.2, 0.25) is 10.0 Å². The van der Waals surface area contributed by atoms with Crippen molar-refractivity contribution in [3.63, 3.8) is 0 Å². The molecule has 1 saturated carbocycles. The summed E-state index contributed by atoms with van der Waals surface area (Å²) in [5.74, 6) is -0.198. The van der Waals surface area contributed by atoms with E-state index in [-0.39, 0.29) is 24.3 Å². The molecule has 0 heterocycles. The van der Waals surface area contributed by atoms with Crippen molar-refractivity contribution in [1.29, 1.82) is 0 Å². The molecule has 8 heteroatoms. The number of rotatable bonds is 7. The van der Waals surface area contributed by atoms with Gasteiger partial charge in [-0.05, 0) is 26.7 Å². The lowest BCUT2D eigenvalue weighted by Gasteiger charge is -2.36. The maximum Gasteiger partial charge on any atom is 0.214 e. The van der Waals surface area contributed by atoms with Crippen molar-refractivity contribution < 1.29 is 18.4 Å². The third kappa shape index (κ3) is 4.92. The molecule has 0 aromatic carbocycles. The van der Waals surface area contributed by atoms with Crippen molar-refractivity contribution in [2.24, 2.45) is 10.9 Å². The van der Waals surface area contributed by atoms with E-state index in [4.69, 9.17) is 15.7 Å². The van der Waals surface area contributed by atoms with E-state index in [0.717, 1.165) is 19.3 Å². The minimum absolute atomic E-state index is 0.0158. The van der Waals surface area contributed by atoms with E-state index in [9.17, 15) is 8.42 Å². The number of hydrogen-bond acceptors (Lipinski definition) is 5. The van der Waals surface area contributed by atoms with E-state index in [1.165, 1.54) is 0 Å². The molecule has 0 unspecified atom stereocenters. The summed E-state index contributed by atoms with van der Waals surface area (Å²) in [6.45, 7) is 3.82. The summed E-state index contributed by atoms with van der Waals surface area (Å²) < 4.78 is 32.1. The zero-order valence-electron chi connectivity index (χ0n) is 12.1. The molecule has 4 N–H and O–H groups in total. The molecule has 0 spiro atoms. The first-order valence-electron chi connectivity index (χ1n) is 6.92. The van der Waals surface area contributed by atoms with Crippen molar-refractivity contribution in [3.05, 3.63) is 0 Å². The van der Waals surface area contributed by atoms with Gasteiger partial charge in [0, 0.05) is 0 Å². The average molecular weight is 307 g/mol. The van der Waals surface area contributed by atoms with Crippen LogP contribution in [0.2, 0.25) is 0 Å². The summed E-state index contributed by atoms with van der Waals surface area (Å²) in [6, 6.07) is 0. The number of nitrogens with one attached hydrogen (secondary N) is 1. The molecule has 0 aromatic rings. The Kier molecular flexibility index (Phi) is 6.22. The lowest BCUT2D eigenvalue weighted by molar-refractivity contribution is 0.0910. The monoisotopic (exact) mass is 307 g/mol. The molecule has 1 fully saturated rings. The smallest absolute Gasteiger partial charge is 0.214 e. The number of hydrogen-bond donors (Lipinski definition) is 3. The van der Waals surface area contributed by atoms with Crippen LogP contribution in [-0.4, -0.2) is 43.5 Å². The average Bonchev–Trinajstić information content (AvgIpc) is 2.37. The third-order valence-electron chi connectivity index (χ3n) is 3.46. The maximum atomic E-state index is 12.1. The fraction of sp³-hybridized carbons (Fsp3) is 0.917. The quantitative estimate of drug-likeness (QED) is 0.278. The molecule has 118 valence electrons. The summed E-state index contributed by atoms with van der Waals surface area (Å²) >= 11 is 0. The van der Waals surface area contributed by atoms with Gasteiger partial charge in [0.05, 0.1) is 24.0 Å². The van der Waals surface area contributed by atoms with Gasteiger partial charge in [0.25, 0.3) is 0 Å². The Morgan fingerprint density at radius 2 is 2.00 bits per heavy atom. The van der Waals surface area contributed by atoms with Gasteiger partial charge < -0.3 is 15.7 Å². The van der Waals surface area contributed by atoms with Crippen LogP contribution in [0.15, 0.2) is 5.16 Å². The van der Waals surface area contributed by atoms with Gasteiger partial charge in [-0.15, -0.1) is 0 Å². The van der Waals surface area contributed by atoms with Crippen molar-refractivity contribution in [2.45, 2.75) is 57.6 Å². The van der Waals surface area contributed by atoms with Crippen molar-refractivity contribution in [3.8, 4) is 0 Å². The van der Waals surface area contributed by atoms with E-state index in [1.807, 2.05) is 13.8 Å². The summed E-state index contributed by atoms with van der Waals surface area (Å²) in [7, 11) is -3.54. The Bertz CT molecular complexity index is 428. The second-order valence-corrected chi connectivity index (χ2v) is 7.31. The van der Waals surface area contributed by atoms with Crippen LogP contribution in [0.5, 0.6) is 0 Å². The zero-order chi connectivity index (χ0) is 15.2. The molecule has 1 aliphatic carbocycles. The first kappa shape index (κ1) is 17.2. The SMILES string of the molecule is CC(C)OCCS(=O)(=O)NC1(C(N)=NO)CCCCC1. The van der Waals surface area contributed by atoms with Gasteiger partial charge >= 0.3 is 0 Å². The van der Waals surface area contributed by atoms with Crippen LogP contribution in [0.25, 0.3) is 0 Å². The normalized spacial score (nSPS) is 20.2. The highest BCUT2D eigenvalue weighted by molar-refractivity contribution is 7.89. The number of amidine groups is 1. The van der Waals surface area contributed by atoms with Gasteiger partial charge in [-0.2, -0.15) is 0 Å². The minimum atomic E-state index is -3.54. The Labute approximate surface area is 120 Å². The van der Waals surface area contributed by atoms with E-state index in [1.54, 1.807) is 0 Å². The zero-order valence-corrected chi connectivity index (χ0v) is 12.9. The third-order valence-corrected chi connectivity index (χ3v) is 4.87. The standard InChI is InChI=1S/C12H25N3O4S/c1-10(2)19-8-9-20(17,18)15-12(11(13)14-16)6-4-3-5-7-12/h10,15-16H,3-9H2,1-2H3,(H2,13,14).